The van der Waals surface area contributed by atoms with Crippen molar-refractivity contribution in [2.24, 2.45) is 11.3 Å². The fourth-order valence-electron chi connectivity index (χ4n) is 1.55. The molecular weight excluding hydrogens is 218 g/mol. The van der Waals surface area contributed by atoms with Gasteiger partial charge in [-0.1, -0.05) is 48.0 Å². The Morgan fingerprint density at radius 1 is 1.19 bits per heavy atom. The maximum Gasteiger partial charge on any atom is 0.0393 e. The molecule has 0 aromatic heterocycles. The molecule has 0 heterocycles. The van der Waals surface area contributed by atoms with Crippen molar-refractivity contribution < 1.29 is 4.21 Å². The van der Waals surface area contributed by atoms with Crippen molar-refractivity contribution in [1.29, 1.82) is 0 Å². The molecule has 0 radical (unpaired) electrons. The summed E-state index contributed by atoms with van der Waals surface area (Å²) in [6, 6.07) is 0.349. The molecule has 0 aliphatic rings. The highest BCUT2D eigenvalue weighted by Gasteiger charge is 2.25. The lowest BCUT2D eigenvalue weighted by molar-refractivity contribution is 0.294. The van der Waals surface area contributed by atoms with Gasteiger partial charge in [-0.2, -0.15) is 0 Å². The predicted octanol–water partition coefficient (Wildman–Crippen LogP) is 2.81. The zero-order chi connectivity index (χ0) is 12.8. The number of hydrogen-bond acceptors (Lipinski definition) is 2. The molecule has 0 aliphatic heterocycles. The van der Waals surface area contributed by atoms with Gasteiger partial charge in [-0.3, -0.25) is 4.21 Å². The summed E-state index contributed by atoms with van der Waals surface area (Å²) < 4.78 is 12.0. The van der Waals surface area contributed by atoms with E-state index in [2.05, 4.69) is 46.9 Å². The first-order chi connectivity index (χ1) is 7.31. The molecule has 2 nitrogen and oxygen atoms in total. The highest BCUT2D eigenvalue weighted by molar-refractivity contribution is 7.85. The lowest BCUT2D eigenvalue weighted by Gasteiger charge is -2.31. The van der Waals surface area contributed by atoms with Gasteiger partial charge in [0.25, 0.3) is 0 Å². The molecule has 0 aliphatic carbocycles. The Balaban J connectivity index is 4.24. The fourth-order valence-corrected chi connectivity index (χ4v) is 3.55. The summed E-state index contributed by atoms with van der Waals surface area (Å²) in [5.74, 6) is 2.19. The summed E-state index contributed by atoms with van der Waals surface area (Å²) in [6.45, 7) is 14.0. The Morgan fingerprint density at radius 3 is 2.12 bits per heavy atom. The minimum atomic E-state index is -0.691. The van der Waals surface area contributed by atoms with E-state index in [1.165, 1.54) is 0 Å². The fraction of sp³-hybridized carbons (Fsp3) is 1.00. The second kappa shape index (κ2) is 7.44. The van der Waals surface area contributed by atoms with Crippen molar-refractivity contribution in [2.75, 3.05) is 18.1 Å². The van der Waals surface area contributed by atoms with Crippen LogP contribution < -0.4 is 5.32 Å². The molecule has 3 heteroatoms. The first-order valence-corrected chi connectivity index (χ1v) is 7.88. The number of hydrogen-bond donors (Lipinski definition) is 1. The first kappa shape index (κ1) is 16.1. The van der Waals surface area contributed by atoms with E-state index in [0.717, 1.165) is 24.5 Å². The van der Waals surface area contributed by atoms with Crippen LogP contribution in [0.5, 0.6) is 0 Å². The SMILES string of the molecule is CCNC(CS(=O)CC(C)CC)C(C)(C)C. The van der Waals surface area contributed by atoms with Crippen LogP contribution >= 0.6 is 0 Å². The summed E-state index contributed by atoms with van der Waals surface area (Å²) in [5.41, 5.74) is 0.182. The Kier molecular flexibility index (Phi) is 7.49. The van der Waals surface area contributed by atoms with Crippen LogP contribution in [0.2, 0.25) is 0 Å². The quantitative estimate of drug-likeness (QED) is 0.749. The monoisotopic (exact) mass is 247 g/mol. The molecule has 0 spiro atoms. The van der Waals surface area contributed by atoms with Crippen molar-refractivity contribution in [3.05, 3.63) is 0 Å². The van der Waals surface area contributed by atoms with Gasteiger partial charge in [0.15, 0.2) is 0 Å². The van der Waals surface area contributed by atoms with Gasteiger partial charge in [0.2, 0.25) is 0 Å². The van der Waals surface area contributed by atoms with E-state index >= 15 is 0 Å². The Labute approximate surface area is 104 Å². The first-order valence-electron chi connectivity index (χ1n) is 6.39. The lowest BCUT2D eigenvalue weighted by Crippen LogP contribution is -2.44. The van der Waals surface area contributed by atoms with Crippen LogP contribution in [0.1, 0.15) is 48.0 Å². The third-order valence-corrected chi connectivity index (χ3v) is 4.66. The minimum absolute atomic E-state index is 0.182. The second-order valence-electron chi connectivity index (χ2n) is 5.76. The zero-order valence-corrected chi connectivity index (χ0v) is 12.6. The van der Waals surface area contributed by atoms with Crippen molar-refractivity contribution in [3.63, 3.8) is 0 Å². The molecule has 0 fully saturated rings. The standard InChI is InChI=1S/C13H29NOS/c1-7-11(3)9-16(15)10-12(14-8-2)13(4,5)6/h11-12,14H,7-10H2,1-6H3. The smallest absolute Gasteiger partial charge is 0.0393 e. The van der Waals surface area contributed by atoms with Crippen LogP contribution in [0.3, 0.4) is 0 Å². The van der Waals surface area contributed by atoms with Crippen LogP contribution in [0.4, 0.5) is 0 Å². The summed E-state index contributed by atoms with van der Waals surface area (Å²) >= 11 is 0. The average molecular weight is 247 g/mol. The van der Waals surface area contributed by atoms with Crippen LogP contribution in [-0.2, 0) is 10.8 Å². The van der Waals surface area contributed by atoms with Gasteiger partial charge >= 0.3 is 0 Å². The van der Waals surface area contributed by atoms with Crippen LogP contribution in [0.25, 0.3) is 0 Å². The Morgan fingerprint density at radius 2 is 1.75 bits per heavy atom. The maximum atomic E-state index is 12.0. The van der Waals surface area contributed by atoms with Crippen molar-refractivity contribution in [1.82, 2.24) is 5.32 Å². The van der Waals surface area contributed by atoms with Gasteiger partial charge in [-0.15, -0.1) is 0 Å². The number of nitrogens with one attached hydrogen (secondary N) is 1. The zero-order valence-electron chi connectivity index (χ0n) is 11.8. The predicted molar refractivity (Wildman–Crippen MR) is 74.3 cm³/mol. The lowest BCUT2D eigenvalue weighted by atomic mass is 9.88. The number of rotatable bonds is 7. The normalized spacial score (nSPS) is 18.1. The molecule has 3 unspecified atom stereocenters. The summed E-state index contributed by atoms with van der Waals surface area (Å²) in [4.78, 5) is 0. The third-order valence-electron chi connectivity index (χ3n) is 3.02. The van der Waals surface area contributed by atoms with Gasteiger partial charge in [-0.25, -0.2) is 0 Å². The largest absolute Gasteiger partial charge is 0.313 e. The molecule has 0 rings (SSSR count). The maximum absolute atomic E-state index is 12.0. The molecule has 0 saturated heterocycles. The molecule has 1 N–H and O–H groups in total. The highest BCUT2D eigenvalue weighted by atomic mass is 32.2. The molecule has 0 saturated carbocycles. The van der Waals surface area contributed by atoms with E-state index < -0.39 is 10.8 Å². The van der Waals surface area contributed by atoms with Gasteiger partial charge in [0.1, 0.15) is 0 Å². The van der Waals surface area contributed by atoms with E-state index in [4.69, 9.17) is 0 Å². The summed E-state index contributed by atoms with van der Waals surface area (Å²) in [5, 5.41) is 3.45. The topological polar surface area (TPSA) is 29.1 Å². The molecule has 0 bridgehead atoms. The molecule has 16 heavy (non-hydrogen) atoms. The van der Waals surface area contributed by atoms with Crippen molar-refractivity contribution in [2.45, 2.75) is 54.0 Å². The van der Waals surface area contributed by atoms with E-state index in [-0.39, 0.29) is 5.41 Å². The average Bonchev–Trinajstić information content (AvgIpc) is 2.15. The molecule has 3 atom stereocenters. The van der Waals surface area contributed by atoms with E-state index in [9.17, 15) is 4.21 Å². The van der Waals surface area contributed by atoms with Gasteiger partial charge in [0.05, 0.1) is 0 Å². The Bertz CT molecular complexity index is 210. The third kappa shape index (κ3) is 6.64. The molecule has 98 valence electrons. The Hall–Kier alpha value is 0.110. The molecule has 0 amide bonds. The summed E-state index contributed by atoms with van der Waals surface area (Å²) in [6.07, 6.45) is 1.12. The van der Waals surface area contributed by atoms with Gasteiger partial charge in [-0.05, 0) is 17.9 Å². The van der Waals surface area contributed by atoms with E-state index in [0.29, 0.717) is 12.0 Å². The van der Waals surface area contributed by atoms with Crippen LogP contribution in [-0.4, -0.2) is 28.3 Å². The van der Waals surface area contributed by atoms with E-state index in [1.54, 1.807) is 0 Å². The molecule has 0 aromatic rings. The van der Waals surface area contributed by atoms with Gasteiger partial charge in [0, 0.05) is 28.3 Å². The van der Waals surface area contributed by atoms with Crippen LogP contribution in [0, 0.1) is 11.3 Å². The highest BCUT2D eigenvalue weighted by Crippen LogP contribution is 2.20. The summed E-state index contributed by atoms with van der Waals surface area (Å²) in [7, 11) is -0.691. The van der Waals surface area contributed by atoms with Gasteiger partial charge < -0.3 is 5.32 Å². The van der Waals surface area contributed by atoms with Crippen LogP contribution in [0.15, 0.2) is 0 Å². The minimum Gasteiger partial charge on any atom is -0.313 e. The molecule has 0 aromatic carbocycles. The second-order valence-corrected chi connectivity index (χ2v) is 7.31. The van der Waals surface area contributed by atoms with Crippen molar-refractivity contribution >= 4 is 10.8 Å². The van der Waals surface area contributed by atoms with Crippen molar-refractivity contribution in [3.8, 4) is 0 Å². The van der Waals surface area contributed by atoms with E-state index in [1.807, 2.05) is 0 Å². The molecular formula is C13H29NOS.